The molecule has 0 aliphatic rings. The zero-order valence-electron chi connectivity index (χ0n) is 14.9. The third-order valence-electron chi connectivity index (χ3n) is 4.31. The van der Waals surface area contributed by atoms with Crippen molar-refractivity contribution in [2.75, 3.05) is 39.4 Å². The minimum atomic E-state index is -0.314. The summed E-state index contributed by atoms with van der Waals surface area (Å²) >= 11 is 0. The SMILES string of the molecule is C=C(C)C(=O)OCC[N+](CC)(CC)CCOc1cccc(C)c1. The van der Waals surface area contributed by atoms with E-state index in [4.69, 9.17) is 9.47 Å². The Morgan fingerprint density at radius 1 is 1.17 bits per heavy atom. The highest BCUT2D eigenvalue weighted by molar-refractivity contribution is 5.86. The van der Waals surface area contributed by atoms with Crippen LogP contribution in [0.3, 0.4) is 0 Å². The predicted molar refractivity (Wildman–Crippen MR) is 93.5 cm³/mol. The Morgan fingerprint density at radius 2 is 1.83 bits per heavy atom. The van der Waals surface area contributed by atoms with Crippen molar-refractivity contribution in [2.24, 2.45) is 0 Å². The molecule has 0 heterocycles. The van der Waals surface area contributed by atoms with Crippen LogP contribution in [0.25, 0.3) is 0 Å². The highest BCUT2D eigenvalue weighted by Crippen LogP contribution is 2.13. The van der Waals surface area contributed by atoms with Gasteiger partial charge in [0.05, 0.1) is 13.1 Å². The molecule has 0 unspecified atom stereocenters. The fourth-order valence-electron chi connectivity index (χ4n) is 2.49. The summed E-state index contributed by atoms with van der Waals surface area (Å²) < 4.78 is 12.0. The van der Waals surface area contributed by atoms with Crippen molar-refractivity contribution in [1.82, 2.24) is 0 Å². The van der Waals surface area contributed by atoms with Crippen LogP contribution in [0.1, 0.15) is 26.3 Å². The van der Waals surface area contributed by atoms with Crippen molar-refractivity contribution in [1.29, 1.82) is 0 Å². The van der Waals surface area contributed by atoms with Gasteiger partial charge in [0.1, 0.15) is 32.1 Å². The molecule has 128 valence electrons. The third kappa shape index (κ3) is 6.45. The van der Waals surface area contributed by atoms with E-state index in [9.17, 15) is 4.79 Å². The summed E-state index contributed by atoms with van der Waals surface area (Å²) in [6.45, 7) is 16.4. The number of aryl methyl sites for hydroxylation is 1. The fraction of sp³-hybridized carbons (Fsp3) is 0.526. The summed E-state index contributed by atoms with van der Waals surface area (Å²) in [7, 11) is 0. The molecule has 1 aromatic carbocycles. The molecule has 0 bridgehead atoms. The number of hydrogen-bond acceptors (Lipinski definition) is 3. The van der Waals surface area contributed by atoms with Gasteiger partial charge in [-0.05, 0) is 45.4 Å². The van der Waals surface area contributed by atoms with E-state index in [0.717, 1.165) is 36.4 Å². The van der Waals surface area contributed by atoms with Crippen LogP contribution >= 0.6 is 0 Å². The molecule has 23 heavy (non-hydrogen) atoms. The number of likely N-dealkylation sites (N-methyl/N-ethyl adjacent to an activating group) is 1. The van der Waals surface area contributed by atoms with Crippen LogP contribution in [0, 0.1) is 6.92 Å². The van der Waals surface area contributed by atoms with Gasteiger partial charge in [0.25, 0.3) is 0 Å². The summed E-state index contributed by atoms with van der Waals surface area (Å²) in [5.41, 5.74) is 1.64. The van der Waals surface area contributed by atoms with Crippen LogP contribution in [0.15, 0.2) is 36.4 Å². The second-order valence-electron chi connectivity index (χ2n) is 6.00. The highest BCUT2D eigenvalue weighted by atomic mass is 16.5. The molecule has 0 spiro atoms. The summed E-state index contributed by atoms with van der Waals surface area (Å²) in [6, 6.07) is 8.08. The molecule has 0 atom stereocenters. The normalized spacial score (nSPS) is 11.1. The molecule has 0 amide bonds. The first-order chi connectivity index (χ1) is 10.9. The van der Waals surface area contributed by atoms with Gasteiger partial charge in [0.2, 0.25) is 0 Å². The lowest BCUT2D eigenvalue weighted by Gasteiger charge is -2.36. The first-order valence-electron chi connectivity index (χ1n) is 8.29. The van der Waals surface area contributed by atoms with E-state index in [1.54, 1.807) is 6.92 Å². The van der Waals surface area contributed by atoms with Crippen molar-refractivity contribution >= 4 is 5.97 Å². The summed E-state index contributed by atoms with van der Waals surface area (Å²) in [4.78, 5) is 11.5. The second kappa shape index (κ2) is 9.36. The van der Waals surface area contributed by atoms with Gasteiger partial charge in [-0.15, -0.1) is 0 Å². The molecule has 0 aliphatic carbocycles. The zero-order chi connectivity index (χ0) is 17.3. The number of nitrogens with zero attached hydrogens (tertiary/aromatic N) is 1. The van der Waals surface area contributed by atoms with Crippen molar-refractivity contribution in [3.05, 3.63) is 42.0 Å². The van der Waals surface area contributed by atoms with Gasteiger partial charge < -0.3 is 14.0 Å². The minimum absolute atomic E-state index is 0.314. The van der Waals surface area contributed by atoms with Gasteiger partial charge in [0.15, 0.2) is 0 Å². The molecular formula is C19H30NO3+. The first-order valence-corrected chi connectivity index (χ1v) is 8.29. The first kappa shape index (κ1) is 19.2. The van der Waals surface area contributed by atoms with Crippen LogP contribution < -0.4 is 4.74 Å². The Hall–Kier alpha value is -1.81. The van der Waals surface area contributed by atoms with Crippen LogP contribution in [0.2, 0.25) is 0 Å². The van der Waals surface area contributed by atoms with Gasteiger partial charge in [-0.1, -0.05) is 18.7 Å². The van der Waals surface area contributed by atoms with E-state index < -0.39 is 0 Å². The minimum Gasteiger partial charge on any atom is -0.488 e. The lowest BCUT2D eigenvalue weighted by Crippen LogP contribution is -2.52. The number of esters is 1. The monoisotopic (exact) mass is 320 g/mol. The van der Waals surface area contributed by atoms with E-state index in [0.29, 0.717) is 18.8 Å². The summed E-state index contributed by atoms with van der Waals surface area (Å²) in [6.07, 6.45) is 0. The Labute approximate surface area is 140 Å². The number of ether oxygens (including phenoxy) is 2. The Morgan fingerprint density at radius 3 is 2.39 bits per heavy atom. The van der Waals surface area contributed by atoms with Gasteiger partial charge in [0, 0.05) is 5.57 Å². The van der Waals surface area contributed by atoms with E-state index >= 15 is 0 Å². The maximum absolute atomic E-state index is 11.5. The van der Waals surface area contributed by atoms with E-state index in [1.807, 2.05) is 18.2 Å². The number of hydrogen-bond donors (Lipinski definition) is 0. The summed E-state index contributed by atoms with van der Waals surface area (Å²) in [5.74, 6) is 0.593. The highest BCUT2D eigenvalue weighted by Gasteiger charge is 2.23. The predicted octanol–water partition coefficient (Wildman–Crippen LogP) is 3.35. The van der Waals surface area contributed by atoms with Crippen LogP contribution in [0.5, 0.6) is 5.75 Å². The second-order valence-corrected chi connectivity index (χ2v) is 6.00. The molecule has 0 saturated heterocycles. The van der Waals surface area contributed by atoms with Crippen molar-refractivity contribution in [3.63, 3.8) is 0 Å². The lowest BCUT2D eigenvalue weighted by atomic mass is 10.2. The molecule has 0 fully saturated rings. The van der Waals surface area contributed by atoms with Gasteiger partial charge in [-0.3, -0.25) is 0 Å². The molecule has 0 aromatic heterocycles. The number of rotatable bonds is 10. The quantitative estimate of drug-likeness (QED) is 0.377. The molecule has 0 aliphatic heterocycles. The Kier molecular flexibility index (Phi) is 7.83. The molecule has 1 rings (SSSR count). The van der Waals surface area contributed by atoms with E-state index in [-0.39, 0.29) is 5.97 Å². The van der Waals surface area contributed by atoms with Crippen LogP contribution in [0.4, 0.5) is 0 Å². The van der Waals surface area contributed by atoms with E-state index in [2.05, 4.69) is 33.4 Å². The maximum Gasteiger partial charge on any atom is 0.333 e. The van der Waals surface area contributed by atoms with Gasteiger partial charge in [-0.25, -0.2) is 4.79 Å². The van der Waals surface area contributed by atoms with Crippen molar-refractivity contribution < 1.29 is 18.8 Å². The molecule has 4 nitrogen and oxygen atoms in total. The van der Waals surface area contributed by atoms with Crippen molar-refractivity contribution in [3.8, 4) is 5.75 Å². The average Bonchev–Trinajstić information content (AvgIpc) is 2.53. The zero-order valence-corrected chi connectivity index (χ0v) is 14.9. The van der Waals surface area contributed by atoms with Gasteiger partial charge >= 0.3 is 5.97 Å². The number of carbonyl (C=O) groups is 1. The number of quaternary nitrogens is 1. The average molecular weight is 320 g/mol. The topological polar surface area (TPSA) is 35.5 Å². The summed E-state index contributed by atoms with van der Waals surface area (Å²) in [5, 5.41) is 0. The lowest BCUT2D eigenvalue weighted by molar-refractivity contribution is -0.925. The molecule has 1 aromatic rings. The maximum atomic E-state index is 11.5. The van der Waals surface area contributed by atoms with Gasteiger partial charge in [-0.2, -0.15) is 0 Å². The molecule has 0 saturated carbocycles. The molecule has 0 radical (unpaired) electrons. The van der Waals surface area contributed by atoms with Crippen molar-refractivity contribution in [2.45, 2.75) is 27.7 Å². The Bertz CT molecular complexity index is 521. The standard InChI is InChI=1S/C19H30NO3/c1-6-20(7-2,12-14-23-19(21)16(3)4)11-13-22-18-10-8-9-17(5)15-18/h8-10,15H,3,6-7,11-14H2,1-2,4-5H3/q+1. The largest absolute Gasteiger partial charge is 0.488 e. The molecule has 0 N–H and O–H groups in total. The smallest absolute Gasteiger partial charge is 0.333 e. The molecular weight excluding hydrogens is 290 g/mol. The fourth-order valence-corrected chi connectivity index (χ4v) is 2.49. The number of carbonyl (C=O) groups excluding carboxylic acids is 1. The van der Waals surface area contributed by atoms with E-state index in [1.165, 1.54) is 5.56 Å². The third-order valence-corrected chi connectivity index (χ3v) is 4.31. The van der Waals surface area contributed by atoms with Crippen LogP contribution in [-0.4, -0.2) is 49.8 Å². The van der Waals surface area contributed by atoms with Crippen LogP contribution in [-0.2, 0) is 9.53 Å². The molecule has 4 heteroatoms. The Balaban J connectivity index is 2.49. The number of benzene rings is 1.